The van der Waals surface area contributed by atoms with Gasteiger partial charge in [-0.2, -0.15) is 4.98 Å². The van der Waals surface area contributed by atoms with Crippen LogP contribution in [0, 0.1) is 6.92 Å². The molecule has 0 aliphatic carbocycles. The van der Waals surface area contributed by atoms with Crippen molar-refractivity contribution < 1.29 is 19.2 Å². The van der Waals surface area contributed by atoms with Crippen molar-refractivity contribution in [2.75, 3.05) is 6.54 Å². The van der Waals surface area contributed by atoms with Gasteiger partial charge in [0.25, 0.3) is 0 Å². The minimum Gasteiger partial charge on any atom is -0.480 e. The monoisotopic (exact) mass is 281 g/mol. The fourth-order valence-corrected chi connectivity index (χ4v) is 2.46. The van der Waals surface area contributed by atoms with Gasteiger partial charge in [-0.05, 0) is 32.6 Å². The largest absolute Gasteiger partial charge is 0.480 e. The summed E-state index contributed by atoms with van der Waals surface area (Å²) in [5, 5.41) is 12.8. The number of carboxylic acids is 1. The number of rotatable bonds is 5. The maximum absolute atomic E-state index is 12.1. The first kappa shape index (κ1) is 14.5. The molecule has 0 aromatic carbocycles. The molecule has 1 aromatic heterocycles. The number of likely N-dealkylation sites (tertiary alicyclic amines) is 1. The van der Waals surface area contributed by atoms with Crippen LogP contribution in [-0.4, -0.2) is 44.6 Å². The third kappa shape index (κ3) is 3.55. The van der Waals surface area contributed by atoms with E-state index in [-0.39, 0.29) is 5.91 Å². The highest BCUT2D eigenvalue weighted by molar-refractivity contribution is 5.83. The molecule has 0 unspecified atom stereocenters. The van der Waals surface area contributed by atoms with Crippen LogP contribution < -0.4 is 0 Å². The quantitative estimate of drug-likeness (QED) is 0.870. The molecule has 1 atom stereocenters. The number of hydrogen-bond acceptors (Lipinski definition) is 5. The van der Waals surface area contributed by atoms with Gasteiger partial charge in [-0.25, -0.2) is 4.79 Å². The number of hydrogen-bond donors (Lipinski definition) is 1. The van der Waals surface area contributed by atoms with Crippen LogP contribution in [-0.2, 0) is 16.0 Å². The van der Waals surface area contributed by atoms with Gasteiger partial charge in [0.15, 0.2) is 5.82 Å². The molecule has 7 heteroatoms. The molecule has 1 aromatic rings. The molecule has 1 aliphatic rings. The highest BCUT2D eigenvalue weighted by Crippen LogP contribution is 2.19. The van der Waals surface area contributed by atoms with Crippen molar-refractivity contribution in [2.24, 2.45) is 0 Å². The summed E-state index contributed by atoms with van der Waals surface area (Å²) in [7, 11) is 0. The van der Waals surface area contributed by atoms with Gasteiger partial charge in [-0.3, -0.25) is 4.79 Å². The Morgan fingerprint density at radius 2 is 2.25 bits per heavy atom. The number of piperidine rings is 1. The minimum absolute atomic E-state index is 0.103. The Bertz CT molecular complexity index is 486. The predicted molar refractivity (Wildman–Crippen MR) is 69.0 cm³/mol. The Morgan fingerprint density at radius 3 is 2.90 bits per heavy atom. The molecule has 110 valence electrons. The number of carbonyl (C=O) groups excluding carboxylic acids is 1. The van der Waals surface area contributed by atoms with E-state index in [1.165, 1.54) is 4.90 Å². The molecule has 1 aliphatic heterocycles. The molecule has 1 amide bonds. The van der Waals surface area contributed by atoms with Gasteiger partial charge in [-0.1, -0.05) is 5.16 Å². The minimum atomic E-state index is -0.912. The molecule has 2 rings (SSSR count). The number of amides is 1. The lowest BCUT2D eigenvalue weighted by atomic mass is 10.0. The second-order valence-corrected chi connectivity index (χ2v) is 5.03. The highest BCUT2D eigenvalue weighted by atomic mass is 16.5. The molecule has 2 heterocycles. The number of carboxylic acid groups (broad SMARTS) is 1. The Labute approximate surface area is 117 Å². The van der Waals surface area contributed by atoms with Crippen molar-refractivity contribution in [3.63, 3.8) is 0 Å². The van der Waals surface area contributed by atoms with Crippen molar-refractivity contribution in [2.45, 2.75) is 51.5 Å². The van der Waals surface area contributed by atoms with E-state index in [0.717, 1.165) is 12.8 Å². The van der Waals surface area contributed by atoms with Crippen LogP contribution in [0.4, 0.5) is 0 Å². The van der Waals surface area contributed by atoms with E-state index in [2.05, 4.69) is 10.1 Å². The number of aromatic nitrogens is 2. The molecule has 20 heavy (non-hydrogen) atoms. The Morgan fingerprint density at radius 1 is 1.45 bits per heavy atom. The fraction of sp³-hybridized carbons (Fsp3) is 0.692. The van der Waals surface area contributed by atoms with Crippen LogP contribution in [0.25, 0.3) is 0 Å². The van der Waals surface area contributed by atoms with Crippen molar-refractivity contribution in [3.8, 4) is 0 Å². The van der Waals surface area contributed by atoms with Crippen LogP contribution in [0.15, 0.2) is 4.52 Å². The summed E-state index contributed by atoms with van der Waals surface area (Å²) in [6.07, 6.45) is 3.72. The molecule has 0 spiro atoms. The van der Waals surface area contributed by atoms with Gasteiger partial charge in [0.1, 0.15) is 6.04 Å². The van der Waals surface area contributed by atoms with Gasteiger partial charge < -0.3 is 14.5 Å². The molecule has 0 bridgehead atoms. The van der Waals surface area contributed by atoms with E-state index >= 15 is 0 Å². The van der Waals surface area contributed by atoms with E-state index in [1.807, 2.05) is 0 Å². The second-order valence-electron chi connectivity index (χ2n) is 5.03. The standard InChI is InChI=1S/C13H19N3O4/c1-9-14-11(20-15-9)6-4-7-12(17)16-8-3-2-5-10(16)13(18)19/h10H,2-8H2,1H3,(H,18,19)/t10-/m0/s1. The van der Waals surface area contributed by atoms with E-state index in [1.54, 1.807) is 6.92 Å². The third-order valence-electron chi connectivity index (χ3n) is 3.46. The summed E-state index contributed by atoms with van der Waals surface area (Å²) in [4.78, 5) is 28.8. The van der Waals surface area contributed by atoms with Crippen LogP contribution in [0.5, 0.6) is 0 Å². The first-order valence-corrected chi connectivity index (χ1v) is 6.89. The molecule has 1 fully saturated rings. The second kappa shape index (κ2) is 6.49. The van der Waals surface area contributed by atoms with Crippen molar-refractivity contribution in [1.82, 2.24) is 15.0 Å². The zero-order chi connectivity index (χ0) is 14.5. The van der Waals surface area contributed by atoms with Crippen LogP contribution in [0.3, 0.4) is 0 Å². The number of aryl methyl sites for hydroxylation is 2. The molecule has 0 radical (unpaired) electrons. The van der Waals surface area contributed by atoms with Crippen molar-refractivity contribution in [1.29, 1.82) is 0 Å². The topological polar surface area (TPSA) is 96.5 Å². The molecular weight excluding hydrogens is 262 g/mol. The van der Waals surface area contributed by atoms with Gasteiger partial charge in [0.2, 0.25) is 11.8 Å². The Balaban J connectivity index is 1.82. The zero-order valence-electron chi connectivity index (χ0n) is 11.5. The SMILES string of the molecule is Cc1noc(CCCC(=O)N2CCCC[C@H]2C(=O)O)n1. The summed E-state index contributed by atoms with van der Waals surface area (Å²) < 4.78 is 4.97. The van der Waals surface area contributed by atoms with E-state index in [0.29, 0.717) is 43.9 Å². The Kier molecular flexibility index (Phi) is 4.70. The average molecular weight is 281 g/mol. The maximum atomic E-state index is 12.1. The number of aliphatic carboxylic acids is 1. The van der Waals surface area contributed by atoms with Gasteiger partial charge >= 0.3 is 5.97 Å². The molecule has 0 saturated carbocycles. The predicted octanol–water partition coefficient (Wildman–Crippen LogP) is 1.17. The van der Waals surface area contributed by atoms with Gasteiger partial charge in [0, 0.05) is 19.4 Å². The first-order valence-electron chi connectivity index (χ1n) is 6.89. The van der Waals surface area contributed by atoms with Crippen LogP contribution >= 0.6 is 0 Å². The highest BCUT2D eigenvalue weighted by Gasteiger charge is 2.31. The maximum Gasteiger partial charge on any atom is 0.326 e. The molecule has 7 nitrogen and oxygen atoms in total. The number of nitrogens with zero attached hydrogens (tertiary/aromatic N) is 3. The average Bonchev–Trinajstić information content (AvgIpc) is 2.84. The lowest BCUT2D eigenvalue weighted by Gasteiger charge is -2.33. The van der Waals surface area contributed by atoms with E-state index < -0.39 is 12.0 Å². The molecular formula is C13H19N3O4. The van der Waals surface area contributed by atoms with Crippen LogP contribution in [0.2, 0.25) is 0 Å². The summed E-state index contributed by atoms with van der Waals surface area (Å²) in [5.41, 5.74) is 0. The van der Waals surface area contributed by atoms with Crippen LogP contribution in [0.1, 0.15) is 43.8 Å². The Hall–Kier alpha value is -1.92. The van der Waals surface area contributed by atoms with Gasteiger partial charge in [-0.15, -0.1) is 0 Å². The summed E-state index contributed by atoms with van der Waals surface area (Å²) >= 11 is 0. The van der Waals surface area contributed by atoms with Crippen molar-refractivity contribution in [3.05, 3.63) is 11.7 Å². The smallest absolute Gasteiger partial charge is 0.326 e. The molecule has 1 saturated heterocycles. The first-order chi connectivity index (χ1) is 9.58. The van der Waals surface area contributed by atoms with E-state index in [9.17, 15) is 9.59 Å². The fourth-order valence-electron chi connectivity index (χ4n) is 2.46. The normalized spacial score (nSPS) is 19.1. The summed E-state index contributed by atoms with van der Waals surface area (Å²) in [5.74, 6) is 0.0796. The van der Waals surface area contributed by atoms with Gasteiger partial charge in [0.05, 0.1) is 0 Å². The number of carbonyl (C=O) groups is 2. The van der Waals surface area contributed by atoms with Crippen molar-refractivity contribution >= 4 is 11.9 Å². The zero-order valence-corrected chi connectivity index (χ0v) is 11.5. The lowest BCUT2D eigenvalue weighted by molar-refractivity contribution is -0.152. The molecule has 1 N–H and O–H groups in total. The summed E-state index contributed by atoms with van der Waals surface area (Å²) in [6, 6.07) is -0.665. The summed E-state index contributed by atoms with van der Waals surface area (Å²) in [6.45, 7) is 2.28. The third-order valence-corrected chi connectivity index (χ3v) is 3.46. The van der Waals surface area contributed by atoms with E-state index in [4.69, 9.17) is 9.63 Å². The lowest BCUT2D eigenvalue weighted by Crippen LogP contribution is -2.47.